The van der Waals surface area contributed by atoms with Crippen molar-refractivity contribution in [2.75, 3.05) is 16.4 Å². The molecular weight excluding hydrogens is 238 g/mol. The summed E-state index contributed by atoms with van der Waals surface area (Å²) in [6.07, 6.45) is 0.877. The van der Waals surface area contributed by atoms with E-state index in [9.17, 15) is 4.79 Å². The highest BCUT2D eigenvalue weighted by Gasteiger charge is 2.04. The number of nitrogen functional groups attached to an aromatic ring is 1. The van der Waals surface area contributed by atoms with E-state index in [0.29, 0.717) is 11.4 Å². The second kappa shape index (κ2) is 5.91. The van der Waals surface area contributed by atoms with Gasteiger partial charge in [0, 0.05) is 17.1 Å². The average molecular weight is 255 g/mol. The van der Waals surface area contributed by atoms with Crippen LogP contribution >= 0.6 is 0 Å². The number of urea groups is 1. The summed E-state index contributed by atoms with van der Waals surface area (Å²) in [5, 5.41) is 5.50. The van der Waals surface area contributed by atoms with Gasteiger partial charge in [-0.1, -0.05) is 31.2 Å². The third-order valence-corrected chi connectivity index (χ3v) is 2.82. The molecule has 0 radical (unpaired) electrons. The minimum atomic E-state index is -0.283. The van der Waals surface area contributed by atoms with E-state index in [1.165, 1.54) is 0 Å². The molecule has 2 rings (SSSR count). The summed E-state index contributed by atoms with van der Waals surface area (Å²) < 4.78 is 0. The first-order valence-electron chi connectivity index (χ1n) is 6.20. The third kappa shape index (κ3) is 3.48. The quantitative estimate of drug-likeness (QED) is 0.735. The smallest absolute Gasteiger partial charge is 0.323 e. The fraction of sp³-hybridized carbons (Fsp3) is 0.133. The molecule has 0 unspecified atom stereocenters. The van der Waals surface area contributed by atoms with Gasteiger partial charge in [0.1, 0.15) is 0 Å². The summed E-state index contributed by atoms with van der Waals surface area (Å²) in [5.41, 5.74) is 9.09. The molecule has 0 saturated carbocycles. The van der Waals surface area contributed by atoms with Crippen LogP contribution in [-0.4, -0.2) is 6.03 Å². The van der Waals surface area contributed by atoms with E-state index in [2.05, 4.69) is 10.6 Å². The molecule has 4 N–H and O–H groups in total. The zero-order valence-corrected chi connectivity index (χ0v) is 10.8. The number of rotatable bonds is 3. The van der Waals surface area contributed by atoms with Crippen molar-refractivity contribution in [1.29, 1.82) is 0 Å². The highest BCUT2D eigenvalue weighted by molar-refractivity contribution is 6.00. The molecule has 4 heteroatoms. The van der Waals surface area contributed by atoms with Crippen LogP contribution in [0.5, 0.6) is 0 Å². The molecule has 0 heterocycles. The number of hydrogen-bond donors (Lipinski definition) is 3. The maximum absolute atomic E-state index is 11.8. The van der Waals surface area contributed by atoms with Gasteiger partial charge in [-0.2, -0.15) is 0 Å². The van der Waals surface area contributed by atoms with Crippen molar-refractivity contribution in [2.24, 2.45) is 0 Å². The molecule has 2 aromatic rings. The zero-order valence-electron chi connectivity index (χ0n) is 10.8. The summed E-state index contributed by atoms with van der Waals surface area (Å²) in [7, 11) is 0. The topological polar surface area (TPSA) is 67.2 Å². The Morgan fingerprint density at radius 3 is 2.37 bits per heavy atom. The highest BCUT2D eigenvalue weighted by atomic mass is 16.2. The van der Waals surface area contributed by atoms with Crippen LogP contribution in [0.3, 0.4) is 0 Å². The van der Waals surface area contributed by atoms with E-state index in [4.69, 9.17) is 5.73 Å². The van der Waals surface area contributed by atoms with Gasteiger partial charge in [-0.15, -0.1) is 0 Å². The molecule has 0 fully saturated rings. The van der Waals surface area contributed by atoms with Crippen molar-refractivity contribution < 1.29 is 4.79 Å². The SMILES string of the molecule is CCc1ccc(NC(=O)Nc2ccccc2)cc1N. The second-order valence-electron chi connectivity index (χ2n) is 4.21. The predicted molar refractivity (Wildman–Crippen MR) is 79.3 cm³/mol. The zero-order chi connectivity index (χ0) is 13.7. The maximum atomic E-state index is 11.8. The number of benzene rings is 2. The Labute approximate surface area is 112 Å². The van der Waals surface area contributed by atoms with Crippen LogP contribution in [0.2, 0.25) is 0 Å². The van der Waals surface area contributed by atoms with Crippen LogP contribution < -0.4 is 16.4 Å². The fourth-order valence-electron chi connectivity index (χ4n) is 1.81. The van der Waals surface area contributed by atoms with Crippen molar-refractivity contribution in [3.05, 3.63) is 54.1 Å². The molecule has 0 spiro atoms. The predicted octanol–water partition coefficient (Wildman–Crippen LogP) is 3.48. The fourth-order valence-corrected chi connectivity index (χ4v) is 1.81. The lowest BCUT2D eigenvalue weighted by atomic mass is 10.1. The molecule has 0 atom stereocenters. The molecule has 0 aliphatic rings. The first-order valence-corrected chi connectivity index (χ1v) is 6.20. The van der Waals surface area contributed by atoms with Crippen molar-refractivity contribution in [2.45, 2.75) is 13.3 Å². The van der Waals surface area contributed by atoms with Crippen LogP contribution in [0.25, 0.3) is 0 Å². The van der Waals surface area contributed by atoms with E-state index >= 15 is 0 Å². The molecule has 0 aliphatic carbocycles. The molecule has 2 amide bonds. The Balaban J connectivity index is 2.01. The largest absolute Gasteiger partial charge is 0.398 e. The van der Waals surface area contributed by atoms with Crippen molar-refractivity contribution in [3.8, 4) is 0 Å². The Kier molecular flexibility index (Phi) is 4.03. The standard InChI is InChI=1S/C15H17N3O/c1-2-11-8-9-13(10-14(11)16)18-15(19)17-12-6-4-3-5-7-12/h3-10H,2,16H2,1H3,(H2,17,18,19). The molecule has 98 valence electrons. The summed E-state index contributed by atoms with van der Waals surface area (Å²) in [5.74, 6) is 0. The van der Waals surface area contributed by atoms with Gasteiger partial charge < -0.3 is 16.4 Å². The van der Waals surface area contributed by atoms with Gasteiger partial charge in [0.05, 0.1) is 0 Å². The van der Waals surface area contributed by atoms with Crippen LogP contribution in [0.1, 0.15) is 12.5 Å². The number of carbonyl (C=O) groups excluding carboxylic acids is 1. The van der Waals surface area contributed by atoms with Crippen LogP contribution in [0.15, 0.2) is 48.5 Å². The molecule has 0 aliphatic heterocycles. The monoisotopic (exact) mass is 255 g/mol. The Hall–Kier alpha value is -2.49. The second-order valence-corrected chi connectivity index (χ2v) is 4.21. The van der Waals surface area contributed by atoms with E-state index < -0.39 is 0 Å². The van der Waals surface area contributed by atoms with E-state index in [-0.39, 0.29) is 6.03 Å². The highest BCUT2D eigenvalue weighted by Crippen LogP contribution is 2.18. The summed E-state index contributed by atoms with van der Waals surface area (Å²) in [6.45, 7) is 2.04. The van der Waals surface area contributed by atoms with E-state index in [1.54, 1.807) is 6.07 Å². The van der Waals surface area contributed by atoms with Gasteiger partial charge in [-0.05, 0) is 36.2 Å². The van der Waals surface area contributed by atoms with Crippen molar-refractivity contribution >= 4 is 23.1 Å². The Morgan fingerprint density at radius 2 is 1.74 bits per heavy atom. The van der Waals surface area contributed by atoms with E-state index in [1.807, 2.05) is 49.4 Å². The summed E-state index contributed by atoms with van der Waals surface area (Å²) in [4.78, 5) is 11.8. The number of amides is 2. The molecule has 4 nitrogen and oxygen atoms in total. The lowest BCUT2D eigenvalue weighted by molar-refractivity contribution is 0.262. The first kappa shape index (κ1) is 13.0. The Morgan fingerprint density at radius 1 is 1.05 bits per heavy atom. The molecular formula is C15H17N3O. The third-order valence-electron chi connectivity index (χ3n) is 2.82. The van der Waals surface area contributed by atoms with Crippen molar-refractivity contribution in [3.63, 3.8) is 0 Å². The Bertz CT molecular complexity index is 567. The number of anilines is 3. The average Bonchev–Trinajstić information content (AvgIpc) is 2.40. The van der Waals surface area contributed by atoms with Gasteiger partial charge >= 0.3 is 6.03 Å². The summed E-state index contributed by atoms with van der Waals surface area (Å²) >= 11 is 0. The number of para-hydroxylation sites is 1. The van der Waals surface area contributed by atoms with Gasteiger partial charge in [-0.25, -0.2) is 4.79 Å². The minimum absolute atomic E-state index is 0.283. The van der Waals surface area contributed by atoms with Crippen LogP contribution in [0, 0.1) is 0 Å². The molecule has 0 bridgehead atoms. The number of aryl methyl sites for hydroxylation is 1. The van der Waals surface area contributed by atoms with Crippen LogP contribution in [-0.2, 0) is 6.42 Å². The van der Waals surface area contributed by atoms with Crippen LogP contribution in [0.4, 0.5) is 21.9 Å². The molecule has 0 saturated heterocycles. The van der Waals surface area contributed by atoms with Gasteiger partial charge in [0.25, 0.3) is 0 Å². The maximum Gasteiger partial charge on any atom is 0.323 e. The van der Waals surface area contributed by atoms with Gasteiger partial charge in [0.15, 0.2) is 0 Å². The number of carbonyl (C=O) groups is 1. The van der Waals surface area contributed by atoms with Crippen molar-refractivity contribution in [1.82, 2.24) is 0 Å². The number of nitrogens with one attached hydrogen (secondary N) is 2. The molecule has 19 heavy (non-hydrogen) atoms. The van der Waals surface area contributed by atoms with Gasteiger partial charge in [0.2, 0.25) is 0 Å². The number of nitrogens with two attached hydrogens (primary N) is 1. The lowest BCUT2D eigenvalue weighted by Crippen LogP contribution is -2.19. The molecule has 2 aromatic carbocycles. The van der Waals surface area contributed by atoms with E-state index in [0.717, 1.165) is 17.7 Å². The summed E-state index contributed by atoms with van der Waals surface area (Å²) in [6, 6.07) is 14.5. The first-order chi connectivity index (χ1) is 9.19. The minimum Gasteiger partial charge on any atom is -0.398 e. The number of hydrogen-bond acceptors (Lipinski definition) is 2. The molecule has 0 aromatic heterocycles. The van der Waals surface area contributed by atoms with Gasteiger partial charge in [-0.3, -0.25) is 0 Å². The normalized spacial score (nSPS) is 9.95. The lowest BCUT2D eigenvalue weighted by Gasteiger charge is -2.09.